The number of rotatable bonds is 6. The molecule has 1 aromatic heterocycles. The molecule has 0 atom stereocenters. The zero-order valence-electron chi connectivity index (χ0n) is 15.0. The van der Waals surface area contributed by atoms with Gasteiger partial charge < -0.3 is 5.73 Å². The molecule has 27 heavy (non-hydrogen) atoms. The van der Waals surface area contributed by atoms with Crippen LogP contribution in [0, 0.1) is 11.8 Å². The molecular formula is C21H21N3O2S. The lowest BCUT2D eigenvalue weighted by molar-refractivity contribution is 0.581. The fourth-order valence-corrected chi connectivity index (χ4v) is 3.06. The number of allylic oxidation sites excluding steroid dienone is 4. The standard InChI is InChI=1S/C21H21N3O2S/c1-3-4-5-20(17(2)22)9-6-18-7-10-21(11-8-18)27(25,26)24-16-19-12-14-23-15-13-19/h3-5,7-8,10-15,24H,2,16,22H2,1H3/b4-3-,20-5-. The van der Waals surface area contributed by atoms with Gasteiger partial charge in [0.05, 0.1) is 4.90 Å². The third kappa shape index (κ3) is 6.26. The minimum Gasteiger partial charge on any atom is -0.398 e. The maximum Gasteiger partial charge on any atom is 0.240 e. The van der Waals surface area contributed by atoms with E-state index >= 15 is 0 Å². The normalized spacial score (nSPS) is 11.8. The zero-order chi connectivity index (χ0) is 19.7. The van der Waals surface area contributed by atoms with Crippen LogP contribution in [0.4, 0.5) is 0 Å². The van der Waals surface area contributed by atoms with Gasteiger partial charge in [-0.3, -0.25) is 4.98 Å². The summed E-state index contributed by atoms with van der Waals surface area (Å²) in [4.78, 5) is 4.08. The Morgan fingerprint density at radius 2 is 1.89 bits per heavy atom. The van der Waals surface area contributed by atoms with Crippen LogP contribution in [0.2, 0.25) is 0 Å². The van der Waals surface area contributed by atoms with Gasteiger partial charge >= 0.3 is 0 Å². The molecular weight excluding hydrogens is 358 g/mol. The predicted octanol–water partition coefficient (Wildman–Crippen LogP) is 2.89. The Bertz CT molecular complexity index is 1010. The fraction of sp³-hybridized carbons (Fsp3) is 0.0952. The highest BCUT2D eigenvalue weighted by atomic mass is 32.2. The number of aromatic nitrogens is 1. The van der Waals surface area contributed by atoms with Crippen LogP contribution in [0.3, 0.4) is 0 Å². The molecule has 0 unspecified atom stereocenters. The van der Waals surface area contributed by atoms with E-state index < -0.39 is 10.0 Å². The molecule has 0 aliphatic rings. The Morgan fingerprint density at radius 1 is 1.22 bits per heavy atom. The van der Waals surface area contributed by atoms with Gasteiger partial charge in [-0.05, 0) is 55.0 Å². The fourth-order valence-electron chi connectivity index (χ4n) is 2.04. The Balaban J connectivity index is 2.12. The number of nitrogens with one attached hydrogen (secondary N) is 1. The molecule has 0 saturated heterocycles. The topological polar surface area (TPSA) is 85.1 Å². The summed E-state index contributed by atoms with van der Waals surface area (Å²) in [5.74, 6) is 5.90. The van der Waals surface area contributed by atoms with Gasteiger partial charge in [0.2, 0.25) is 10.0 Å². The summed E-state index contributed by atoms with van der Waals surface area (Å²) in [7, 11) is -3.61. The van der Waals surface area contributed by atoms with E-state index in [0.29, 0.717) is 16.8 Å². The number of benzene rings is 1. The van der Waals surface area contributed by atoms with Gasteiger partial charge in [-0.2, -0.15) is 0 Å². The van der Waals surface area contributed by atoms with Crippen LogP contribution >= 0.6 is 0 Å². The highest BCUT2D eigenvalue weighted by molar-refractivity contribution is 7.89. The Morgan fingerprint density at radius 3 is 2.48 bits per heavy atom. The maximum atomic E-state index is 12.4. The van der Waals surface area contributed by atoms with Crippen LogP contribution in [0.5, 0.6) is 0 Å². The minimum atomic E-state index is -3.61. The van der Waals surface area contributed by atoms with Crippen LogP contribution in [-0.2, 0) is 16.6 Å². The first-order valence-corrected chi connectivity index (χ1v) is 9.69. The van der Waals surface area contributed by atoms with Gasteiger partial charge in [-0.25, -0.2) is 13.1 Å². The predicted molar refractivity (Wildman–Crippen MR) is 108 cm³/mol. The van der Waals surface area contributed by atoms with E-state index in [1.165, 1.54) is 12.1 Å². The largest absolute Gasteiger partial charge is 0.398 e. The molecule has 1 aromatic carbocycles. The molecule has 0 bridgehead atoms. The molecule has 0 saturated carbocycles. The summed E-state index contributed by atoms with van der Waals surface area (Å²) in [5, 5.41) is 0. The summed E-state index contributed by atoms with van der Waals surface area (Å²) in [6.07, 6.45) is 8.70. The van der Waals surface area contributed by atoms with Crippen molar-refractivity contribution in [2.45, 2.75) is 18.4 Å². The van der Waals surface area contributed by atoms with E-state index in [1.807, 2.05) is 19.1 Å². The first-order valence-electron chi connectivity index (χ1n) is 8.21. The van der Waals surface area contributed by atoms with Gasteiger partial charge in [0.1, 0.15) is 0 Å². The van der Waals surface area contributed by atoms with Gasteiger partial charge in [0.15, 0.2) is 0 Å². The molecule has 0 fully saturated rings. The van der Waals surface area contributed by atoms with E-state index in [2.05, 4.69) is 28.1 Å². The number of nitrogens with zero attached hydrogens (tertiary/aromatic N) is 1. The Hall–Kier alpha value is -3.14. The number of hydrogen-bond donors (Lipinski definition) is 2. The van der Waals surface area contributed by atoms with Crippen LogP contribution in [0.25, 0.3) is 0 Å². The van der Waals surface area contributed by atoms with Gasteiger partial charge in [0.25, 0.3) is 0 Å². The maximum absolute atomic E-state index is 12.4. The highest BCUT2D eigenvalue weighted by Crippen LogP contribution is 2.11. The number of pyridine rings is 1. The van der Waals surface area contributed by atoms with Crippen LogP contribution in [0.1, 0.15) is 18.1 Å². The molecule has 2 rings (SSSR count). The molecule has 138 valence electrons. The van der Waals surface area contributed by atoms with E-state index in [-0.39, 0.29) is 11.4 Å². The van der Waals surface area contributed by atoms with Crippen molar-refractivity contribution in [1.29, 1.82) is 0 Å². The van der Waals surface area contributed by atoms with E-state index in [9.17, 15) is 8.42 Å². The lowest BCUT2D eigenvalue weighted by atomic mass is 10.1. The SMILES string of the molecule is C=C(N)/C(C#Cc1ccc(S(=O)(=O)NCc2ccncc2)cc1)=C\C=C/C. The molecule has 0 spiro atoms. The van der Waals surface area contributed by atoms with Crippen LogP contribution in [0.15, 0.2) is 89.8 Å². The number of hydrogen-bond acceptors (Lipinski definition) is 4. The van der Waals surface area contributed by atoms with Gasteiger partial charge in [-0.15, -0.1) is 0 Å². The molecule has 0 aliphatic carbocycles. The highest BCUT2D eigenvalue weighted by Gasteiger charge is 2.13. The van der Waals surface area contributed by atoms with Gasteiger partial charge in [-0.1, -0.05) is 30.6 Å². The summed E-state index contributed by atoms with van der Waals surface area (Å²) >= 11 is 0. The van der Waals surface area contributed by atoms with E-state index in [0.717, 1.165) is 5.56 Å². The quantitative estimate of drug-likeness (QED) is 0.597. The lowest BCUT2D eigenvalue weighted by Gasteiger charge is -2.06. The number of sulfonamides is 1. The Labute approximate surface area is 160 Å². The average molecular weight is 379 g/mol. The molecule has 3 N–H and O–H groups in total. The minimum absolute atomic E-state index is 0.176. The second-order valence-electron chi connectivity index (χ2n) is 5.59. The monoisotopic (exact) mass is 379 g/mol. The molecule has 1 heterocycles. The smallest absolute Gasteiger partial charge is 0.240 e. The first kappa shape index (κ1) is 20.2. The van der Waals surface area contributed by atoms with E-state index in [1.54, 1.807) is 42.7 Å². The van der Waals surface area contributed by atoms with Crippen molar-refractivity contribution in [2.24, 2.45) is 5.73 Å². The molecule has 2 aromatic rings. The van der Waals surface area contributed by atoms with Gasteiger partial charge in [0, 0.05) is 35.8 Å². The van der Waals surface area contributed by atoms with Crippen molar-refractivity contribution in [3.05, 3.63) is 96.0 Å². The number of nitrogens with two attached hydrogens (primary N) is 1. The lowest BCUT2D eigenvalue weighted by Crippen LogP contribution is -2.23. The summed E-state index contributed by atoms with van der Waals surface area (Å²) in [6.45, 7) is 5.78. The van der Waals surface area contributed by atoms with Crippen molar-refractivity contribution in [2.75, 3.05) is 0 Å². The molecule has 0 amide bonds. The van der Waals surface area contributed by atoms with Crippen LogP contribution in [-0.4, -0.2) is 13.4 Å². The molecule has 0 radical (unpaired) electrons. The van der Waals surface area contributed by atoms with Crippen molar-refractivity contribution in [3.63, 3.8) is 0 Å². The summed E-state index contributed by atoms with van der Waals surface area (Å²) in [6, 6.07) is 9.86. The first-order chi connectivity index (χ1) is 12.9. The Kier molecular flexibility index (Phi) is 7.12. The van der Waals surface area contributed by atoms with Crippen molar-refractivity contribution in [3.8, 4) is 11.8 Å². The second-order valence-corrected chi connectivity index (χ2v) is 7.35. The molecule has 6 heteroatoms. The van der Waals surface area contributed by atoms with Crippen molar-refractivity contribution >= 4 is 10.0 Å². The summed E-state index contributed by atoms with van der Waals surface area (Å²) in [5.41, 5.74) is 8.21. The third-order valence-corrected chi connectivity index (χ3v) is 4.94. The third-order valence-electron chi connectivity index (χ3n) is 3.52. The van der Waals surface area contributed by atoms with Crippen LogP contribution < -0.4 is 10.5 Å². The zero-order valence-corrected chi connectivity index (χ0v) is 15.8. The van der Waals surface area contributed by atoms with Crippen molar-refractivity contribution in [1.82, 2.24) is 9.71 Å². The van der Waals surface area contributed by atoms with E-state index in [4.69, 9.17) is 5.73 Å². The molecule has 5 nitrogen and oxygen atoms in total. The summed E-state index contributed by atoms with van der Waals surface area (Å²) < 4.78 is 27.3. The van der Waals surface area contributed by atoms with Crippen molar-refractivity contribution < 1.29 is 8.42 Å². The second kappa shape index (κ2) is 9.53. The average Bonchev–Trinajstić information content (AvgIpc) is 2.67. The molecule has 0 aliphatic heterocycles.